The summed E-state index contributed by atoms with van der Waals surface area (Å²) in [6.45, 7) is 5.87. The predicted octanol–water partition coefficient (Wildman–Crippen LogP) is 2.05. The quantitative estimate of drug-likeness (QED) is 0.898. The Morgan fingerprint density at radius 2 is 1.54 bits per heavy atom. The largest absolute Gasteiger partial charge is 0.493 e. The Labute approximate surface area is 154 Å². The van der Waals surface area contributed by atoms with E-state index in [0.717, 1.165) is 67.7 Å². The van der Waals surface area contributed by atoms with Crippen molar-refractivity contribution in [2.75, 3.05) is 63.3 Å². The first-order valence-electron chi connectivity index (χ1n) is 9.44. The van der Waals surface area contributed by atoms with E-state index in [0.29, 0.717) is 5.75 Å². The molecular weight excluding hydrogens is 330 g/mol. The number of piperazine rings is 1. The average molecular weight is 357 g/mol. The van der Waals surface area contributed by atoms with Crippen molar-refractivity contribution in [3.63, 3.8) is 0 Å². The van der Waals surface area contributed by atoms with E-state index in [-0.39, 0.29) is 0 Å². The Morgan fingerprint density at radius 1 is 0.846 bits per heavy atom. The van der Waals surface area contributed by atoms with Crippen LogP contribution in [0, 0.1) is 0 Å². The summed E-state index contributed by atoms with van der Waals surface area (Å²) >= 11 is 0. The van der Waals surface area contributed by atoms with Crippen LogP contribution >= 0.6 is 0 Å². The Morgan fingerprint density at radius 3 is 2.23 bits per heavy atom. The van der Waals surface area contributed by atoms with Gasteiger partial charge in [-0.2, -0.15) is 4.98 Å². The van der Waals surface area contributed by atoms with Gasteiger partial charge in [0, 0.05) is 50.7 Å². The van der Waals surface area contributed by atoms with Crippen molar-refractivity contribution in [2.24, 2.45) is 0 Å². The topological polar surface area (TPSA) is 62.8 Å². The van der Waals surface area contributed by atoms with Crippen LogP contribution in [0.3, 0.4) is 0 Å². The molecule has 1 aromatic carbocycles. The lowest BCUT2D eigenvalue weighted by atomic mass is 10.1. The van der Waals surface area contributed by atoms with Gasteiger partial charge in [-0.3, -0.25) is 0 Å². The van der Waals surface area contributed by atoms with Crippen LogP contribution in [0.1, 0.15) is 19.3 Å². The normalized spacial score (nSPS) is 18.2. The summed E-state index contributed by atoms with van der Waals surface area (Å²) in [6, 6.07) is 3.98. The van der Waals surface area contributed by atoms with Crippen LogP contribution in [0.25, 0.3) is 10.9 Å². The van der Waals surface area contributed by atoms with E-state index in [1.54, 1.807) is 14.2 Å². The minimum Gasteiger partial charge on any atom is -0.493 e. The Bertz CT molecular complexity index is 770. The number of piperidine rings is 1. The van der Waals surface area contributed by atoms with Crippen molar-refractivity contribution >= 4 is 22.7 Å². The molecule has 2 aliphatic rings. The predicted molar refractivity (Wildman–Crippen MR) is 104 cm³/mol. The second-order valence-electron chi connectivity index (χ2n) is 6.86. The molecule has 7 nitrogen and oxygen atoms in total. The van der Waals surface area contributed by atoms with Crippen molar-refractivity contribution in [3.05, 3.63) is 12.1 Å². The Hall–Kier alpha value is -2.28. The number of methoxy groups -OCH3 is 2. The van der Waals surface area contributed by atoms with E-state index in [1.807, 2.05) is 12.1 Å². The lowest BCUT2D eigenvalue weighted by Gasteiger charge is -2.32. The zero-order chi connectivity index (χ0) is 17.9. The fourth-order valence-electron chi connectivity index (χ4n) is 3.78. The van der Waals surface area contributed by atoms with Crippen molar-refractivity contribution in [2.45, 2.75) is 19.3 Å². The van der Waals surface area contributed by atoms with Crippen LogP contribution in [0.15, 0.2) is 12.1 Å². The first kappa shape index (κ1) is 17.1. The molecule has 0 spiro atoms. The van der Waals surface area contributed by atoms with Gasteiger partial charge in [0.25, 0.3) is 0 Å². The molecule has 26 heavy (non-hydrogen) atoms. The minimum absolute atomic E-state index is 0.703. The van der Waals surface area contributed by atoms with E-state index >= 15 is 0 Å². The third-order valence-corrected chi connectivity index (χ3v) is 5.22. The number of hydrogen-bond donors (Lipinski definition) is 1. The first-order valence-corrected chi connectivity index (χ1v) is 9.44. The maximum Gasteiger partial charge on any atom is 0.227 e. The third kappa shape index (κ3) is 3.23. The standard InChI is InChI=1S/C19H27N5O2/c1-25-16-12-14-15(13-17(16)26-2)21-19(24-10-6-20-7-11-24)22-18(14)23-8-4-3-5-9-23/h12-13,20H,3-11H2,1-2H3. The summed E-state index contributed by atoms with van der Waals surface area (Å²) in [5, 5.41) is 4.42. The number of nitrogens with zero attached hydrogens (tertiary/aromatic N) is 4. The second kappa shape index (κ2) is 7.53. The summed E-state index contributed by atoms with van der Waals surface area (Å²) < 4.78 is 11.0. The number of anilines is 2. The highest BCUT2D eigenvalue weighted by Gasteiger charge is 2.22. The maximum absolute atomic E-state index is 5.52. The molecule has 0 atom stereocenters. The van der Waals surface area contributed by atoms with Gasteiger partial charge in [-0.15, -0.1) is 0 Å². The molecule has 1 N–H and O–H groups in total. The number of rotatable bonds is 4. The van der Waals surface area contributed by atoms with Gasteiger partial charge in [-0.1, -0.05) is 0 Å². The lowest BCUT2D eigenvalue weighted by Crippen LogP contribution is -2.44. The number of hydrogen-bond acceptors (Lipinski definition) is 7. The number of aromatic nitrogens is 2. The Balaban J connectivity index is 1.85. The van der Waals surface area contributed by atoms with Gasteiger partial charge in [0.05, 0.1) is 19.7 Å². The zero-order valence-electron chi connectivity index (χ0n) is 15.6. The number of fused-ring (bicyclic) bond motifs is 1. The van der Waals surface area contributed by atoms with Crippen LogP contribution in [-0.2, 0) is 0 Å². The third-order valence-electron chi connectivity index (χ3n) is 5.22. The van der Waals surface area contributed by atoms with Crippen molar-refractivity contribution in [1.82, 2.24) is 15.3 Å². The summed E-state index contributed by atoms with van der Waals surface area (Å²) in [5.41, 5.74) is 0.909. The SMILES string of the molecule is COc1cc2nc(N3CCNCC3)nc(N3CCCCC3)c2cc1OC. The van der Waals surface area contributed by atoms with Gasteiger partial charge in [0.15, 0.2) is 11.5 Å². The van der Waals surface area contributed by atoms with E-state index < -0.39 is 0 Å². The van der Waals surface area contributed by atoms with Crippen molar-refractivity contribution in [1.29, 1.82) is 0 Å². The smallest absolute Gasteiger partial charge is 0.227 e. The van der Waals surface area contributed by atoms with Gasteiger partial charge in [0.1, 0.15) is 5.82 Å². The molecule has 2 aliphatic heterocycles. The van der Waals surface area contributed by atoms with Gasteiger partial charge in [-0.25, -0.2) is 4.98 Å². The van der Waals surface area contributed by atoms with Crippen LogP contribution in [0.2, 0.25) is 0 Å². The van der Waals surface area contributed by atoms with E-state index in [4.69, 9.17) is 19.4 Å². The van der Waals surface area contributed by atoms with Gasteiger partial charge < -0.3 is 24.6 Å². The number of nitrogens with one attached hydrogen (secondary N) is 1. The fraction of sp³-hybridized carbons (Fsp3) is 0.579. The summed E-state index contributed by atoms with van der Waals surface area (Å²) in [6.07, 6.45) is 3.71. The Kier molecular flexibility index (Phi) is 4.97. The first-order chi connectivity index (χ1) is 12.8. The summed E-state index contributed by atoms with van der Waals surface area (Å²) in [5.74, 6) is 3.25. The lowest BCUT2D eigenvalue weighted by molar-refractivity contribution is 0.356. The zero-order valence-corrected chi connectivity index (χ0v) is 15.6. The highest BCUT2D eigenvalue weighted by atomic mass is 16.5. The summed E-state index contributed by atoms with van der Waals surface area (Å²) in [4.78, 5) is 14.5. The molecule has 140 valence electrons. The van der Waals surface area contributed by atoms with Gasteiger partial charge in [-0.05, 0) is 25.3 Å². The monoisotopic (exact) mass is 357 g/mol. The van der Waals surface area contributed by atoms with Crippen LogP contribution in [0.4, 0.5) is 11.8 Å². The fourth-order valence-corrected chi connectivity index (χ4v) is 3.78. The molecule has 2 aromatic rings. The molecule has 2 saturated heterocycles. The van der Waals surface area contributed by atoms with Crippen molar-refractivity contribution < 1.29 is 9.47 Å². The van der Waals surface area contributed by atoms with Crippen LogP contribution in [-0.4, -0.2) is 63.5 Å². The molecule has 0 radical (unpaired) electrons. The molecule has 3 heterocycles. The van der Waals surface area contributed by atoms with Crippen LogP contribution < -0.4 is 24.6 Å². The second-order valence-corrected chi connectivity index (χ2v) is 6.86. The molecule has 0 aliphatic carbocycles. The van der Waals surface area contributed by atoms with Gasteiger partial charge in [0.2, 0.25) is 5.95 Å². The summed E-state index contributed by atoms with van der Waals surface area (Å²) in [7, 11) is 3.33. The van der Waals surface area contributed by atoms with Crippen LogP contribution in [0.5, 0.6) is 11.5 Å². The molecule has 2 fully saturated rings. The molecule has 1 aromatic heterocycles. The molecule has 7 heteroatoms. The minimum atomic E-state index is 0.703. The molecule has 0 unspecified atom stereocenters. The molecular formula is C19H27N5O2. The van der Waals surface area contributed by atoms with E-state index in [1.165, 1.54) is 19.3 Å². The highest BCUT2D eigenvalue weighted by Crippen LogP contribution is 2.36. The van der Waals surface area contributed by atoms with E-state index in [9.17, 15) is 0 Å². The number of ether oxygens (including phenoxy) is 2. The van der Waals surface area contributed by atoms with Gasteiger partial charge >= 0.3 is 0 Å². The average Bonchev–Trinajstić information content (AvgIpc) is 2.73. The van der Waals surface area contributed by atoms with Crippen molar-refractivity contribution in [3.8, 4) is 11.5 Å². The van der Waals surface area contributed by atoms with E-state index in [2.05, 4.69) is 15.1 Å². The molecule has 0 bridgehead atoms. The number of benzene rings is 1. The maximum atomic E-state index is 5.52. The molecule has 0 saturated carbocycles. The molecule has 4 rings (SSSR count). The molecule has 0 amide bonds. The highest BCUT2D eigenvalue weighted by molar-refractivity contribution is 5.93.